The van der Waals surface area contributed by atoms with Crippen molar-refractivity contribution in [2.45, 2.75) is 0 Å². The Bertz CT molecular complexity index is 632. The number of hydrogen-bond acceptors (Lipinski definition) is 1. The summed E-state index contributed by atoms with van der Waals surface area (Å²) in [6.45, 7) is 0. The Hall–Kier alpha value is -1.62. The Morgan fingerprint density at radius 1 is 0.591 bits per heavy atom. The first-order valence-corrected chi connectivity index (χ1v) is 12.3. The summed E-state index contributed by atoms with van der Waals surface area (Å²) in [5, 5.41) is 3.93. The molecule has 0 amide bonds. The molecule has 0 saturated heterocycles. The van der Waals surface area contributed by atoms with Crippen molar-refractivity contribution >= 4 is 26.4 Å². The third-order valence-corrected chi connectivity index (χ3v) is 14.3. The van der Waals surface area contributed by atoms with Gasteiger partial charge in [-0.05, 0) is 0 Å². The third kappa shape index (κ3) is 2.82. The summed E-state index contributed by atoms with van der Waals surface area (Å²) >= 11 is -0.179. The Morgan fingerprint density at radius 2 is 0.909 bits per heavy atom. The molecule has 22 heavy (non-hydrogen) atoms. The molecular weight excluding hydrogens is 378 g/mol. The maximum atomic E-state index is 11.6. The Morgan fingerprint density at radius 3 is 1.18 bits per heavy atom. The van der Waals surface area contributed by atoms with Gasteiger partial charge in [0, 0.05) is 0 Å². The second kappa shape index (κ2) is 7.10. The van der Waals surface area contributed by atoms with E-state index in [2.05, 4.69) is 72.8 Å². The van der Waals surface area contributed by atoms with Crippen LogP contribution in [0.5, 0.6) is 0 Å². The van der Waals surface area contributed by atoms with Crippen molar-refractivity contribution in [2.75, 3.05) is 0 Å². The molecule has 0 unspecified atom stereocenters. The van der Waals surface area contributed by atoms with E-state index in [0.717, 1.165) is 4.88 Å². The average Bonchev–Trinajstić information content (AvgIpc) is 2.62. The summed E-state index contributed by atoms with van der Waals surface area (Å²) in [6, 6.07) is 31.6. The molecule has 0 radical (unpaired) electrons. The Kier molecular flexibility index (Phi) is 4.93. The van der Waals surface area contributed by atoms with Gasteiger partial charge in [-0.25, -0.2) is 0 Å². The van der Waals surface area contributed by atoms with Crippen LogP contribution in [0.25, 0.3) is 0 Å². The van der Waals surface area contributed by atoms with Crippen LogP contribution in [0.3, 0.4) is 0 Å². The molecule has 0 aliphatic carbocycles. The fourth-order valence-electron chi connectivity index (χ4n) is 2.71. The molecule has 3 heteroatoms. The van der Waals surface area contributed by atoms with Crippen LogP contribution in [-0.4, -0.2) is 4.88 Å². The van der Waals surface area contributed by atoms with Crippen molar-refractivity contribution < 1.29 is 21.4 Å². The quantitative estimate of drug-likeness (QED) is 0.369. The molecule has 0 bridgehead atoms. The molecule has 3 aromatic carbocycles. The zero-order valence-corrected chi connectivity index (χ0v) is 14.6. The normalized spacial score (nSPS) is 12.0. The van der Waals surface area contributed by atoms with E-state index in [0.29, 0.717) is 0 Å². The van der Waals surface area contributed by atoms with Crippen LogP contribution in [0.1, 0.15) is 0 Å². The topological polar surface area (TPSA) is 17.1 Å². The van der Waals surface area contributed by atoms with Gasteiger partial charge >= 0.3 is 139 Å². The molecule has 0 saturated carbocycles. The van der Waals surface area contributed by atoms with Gasteiger partial charge in [-0.2, -0.15) is 0 Å². The van der Waals surface area contributed by atoms with E-state index in [1.165, 1.54) is 15.9 Å². The SMILES string of the molecule is O=[CH][Rh][PH](c1ccccc1)(c1ccccc1)c1ccccc1. The zero-order chi connectivity index (χ0) is 15.3. The van der Waals surface area contributed by atoms with Gasteiger partial charge in [0.25, 0.3) is 0 Å². The van der Waals surface area contributed by atoms with Gasteiger partial charge in [-0.1, -0.05) is 0 Å². The second-order valence-corrected chi connectivity index (χ2v) is 13.6. The first-order chi connectivity index (χ1) is 10.9. The standard InChI is InChI=1S/C18H15P.CHO.Rh/c1-4-10-16(11-5-1)19(17-12-6-2-7-13-17)18-14-8-3-9-15-18;1-2;/h1-15H;1H;/q;;-1/p+1. The van der Waals surface area contributed by atoms with Crippen molar-refractivity contribution in [3.05, 3.63) is 91.0 Å². The molecular formula is C19H17OPRh. The van der Waals surface area contributed by atoms with E-state index in [1.54, 1.807) is 0 Å². The summed E-state index contributed by atoms with van der Waals surface area (Å²) in [4.78, 5) is 12.8. The molecule has 0 atom stereocenters. The van der Waals surface area contributed by atoms with E-state index in [-0.39, 0.29) is 16.6 Å². The van der Waals surface area contributed by atoms with E-state index in [4.69, 9.17) is 0 Å². The van der Waals surface area contributed by atoms with Crippen LogP contribution in [0.15, 0.2) is 91.0 Å². The number of carbonyl (C=O) groups is 1. The molecule has 113 valence electrons. The van der Waals surface area contributed by atoms with E-state index >= 15 is 0 Å². The van der Waals surface area contributed by atoms with Crippen molar-refractivity contribution in [3.63, 3.8) is 0 Å². The molecule has 3 rings (SSSR count). The average molecular weight is 395 g/mol. The molecule has 1 nitrogen and oxygen atoms in total. The van der Waals surface area contributed by atoms with Gasteiger partial charge in [0.2, 0.25) is 0 Å². The van der Waals surface area contributed by atoms with Gasteiger partial charge in [0.1, 0.15) is 0 Å². The van der Waals surface area contributed by atoms with Crippen molar-refractivity contribution in [1.29, 1.82) is 0 Å². The van der Waals surface area contributed by atoms with Gasteiger partial charge in [-0.3, -0.25) is 0 Å². The van der Waals surface area contributed by atoms with Crippen molar-refractivity contribution in [2.24, 2.45) is 0 Å². The first-order valence-electron chi connectivity index (χ1n) is 7.08. The van der Waals surface area contributed by atoms with Crippen LogP contribution >= 0.6 is 5.59 Å². The zero-order valence-electron chi connectivity index (χ0n) is 12.0. The number of carbonyl (C=O) groups excluding carboxylic acids is 1. The molecule has 0 spiro atoms. The minimum atomic E-state index is -2.22. The van der Waals surface area contributed by atoms with Crippen LogP contribution in [0.4, 0.5) is 0 Å². The molecule has 0 N–H and O–H groups in total. The predicted molar refractivity (Wildman–Crippen MR) is 93.3 cm³/mol. The molecule has 0 aliphatic heterocycles. The molecule has 0 heterocycles. The summed E-state index contributed by atoms with van der Waals surface area (Å²) in [5.74, 6) is 0. The van der Waals surface area contributed by atoms with Crippen molar-refractivity contribution in [1.82, 2.24) is 0 Å². The maximum absolute atomic E-state index is 11.6. The fourth-order valence-corrected chi connectivity index (χ4v) is 11.9. The van der Waals surface area contributed by atoms with Crippen molar-refractivity contribution in [3.8, 4) is 0 Å². The van der Waals surface area contributed by atoms with Crippen LogP contribution in [-0.2, 0) is 21.4 Å². The summed E-state index contributed by atoms with van der Waals surface area (Å²) in [6.07, 6.45) is 0. The summed E-state index contributed by atoms with van der Waals surface area (Å²) < 4.78 is 0. The molecule has 3 aromatic rings. The van der Waals surface area contributed by atoms with Gasteiger partial charge in [-0.15, -0.1) is 0 Å². The summed E-state index contributed by atoms with van der Waals surface area (Å²) in [7, 11) is 0. The molecule has 0 fully saturated rings. The van der Waals surface area contributed by atoms with Crippen LogP contribution in [0, 0.1) is 0 Å². The third-order valence-electron chi connectivity index (χ3n) is 3.66. The van der Waals surface area contributed by atoms with Gasteiger partial charge in [0.05, 0.1) is 0 Å². The fraction of sp³-hybridized carbons (Fsp3) is 0. The van der Waals surface area contributed by atoms with Crippen LogP contribution in [0.2, 0.25) is 0 Å². The molecule has 0 aromatic heterocycles. The number of hydrogen-bond donors (Lipinski definition) is 0. The van der Waals surface area contributed by atoms with E-state index in [9.17, 15) is 4.79 Å². The van der Waals surface area contributed by atoms with Crippen LogP contribution < -0.4 is 15.9 Å². The number of benzene rings is 3. The predicted octanol–water partition coefficient (Wildman–Crippen LogP) is 2.90. The first kappa shape index (κ1) is 15.3. The minimum absolute atomic E-state index is 0.179. The number of rotatable bonds is 5. The van der Waals surface area contributed by atoms with E-state index in [1.807, 2.05) is 18.2 Å². The summed E-state index contributed by atoms with van der Waals surface area (Å²) in [5.41, 5.74) is -2.22. The van der Waals surface area contributed by atoms with E-state index < -0.39 is 5.59 Å². The second-order valence-electron chi connectivity index (χ2n) is 4.90. The molecule has 0 aliphatic rings. The Labute approximate surface area is 138 Å². The van der Waals surface area contributed by atoms with Gasteiger partial charge in [0.15, 0.2) is 0 Å². The monoisotopic (exact) mass is 395 g/mol. The Balaban J connectivity index is 2.31. The van der Waals surface area contributed by atoms with Gasteiger partial charge < -0.3 is 0 Å².